The molecule has 0 atom stereocenters. The summed E-state index contributed by atoms with van der Waals surface area (Å²) in [7, 11) is 3.86. The molecule has 0 unspecified atom stereocenters. The molecule has 1 aromatic carbocycles. The van der Waals surface area contributed by atoms with Crippen LogP contribution >= 0.6 is 0 Å². The lowest BCUT2D eigenvalue weighted by molar-refractivity contribution is 0.264. The van der Waals surface area contributed by atoms with Crippen LogP contribution < -0.4 is 5.56 Å². The Kier molecular flexibility index (Phi) is 13.3. The van der Waals surface area contributed by atoms with Gasteiger partial charge in [-0.3, -0.25) is 9.69 Å². The molecule has 2 aromatic heterocycles. The van der Waals surface area contributed by atoms with E-state index in [0.29, 0.717) is 0 Å². The van der Waals surface area contributed by atoms with Gasteiger partial charge in [0.15, 0.2) is 0 Å². The van der Waals surface area contributed by atoms with Gasteiger partial charge >= 0.3 is 0 Å². The van der Waals surface area contributed by atoms with Crippen molar-refractivity contribution < 1.29 is 0 Å². The van der Waals surface area contributed by atoms with Crippen molar-refractivity contribution >= 4 is 10.8 Å². The molecular weight excluding hydrogens is 362 g/mol. The van der Waals surface area contributed by atoms with E-state index in [4.69, 9.17) is 0 Å². The Morgan fingerprint density at radius 3 is 2.24 bits per heavy atom. The van der Waals surface area contributed by atoms with Crippen molar-refractivity contribution in [3.8, 4) is 0 Å². The van der Waals surface area contributed by atoms with Crippen LogP contribution in [-0.4, -0.2) is 37.8 Å². The van der Waals surface area contributed by atoms with E-state index in [9.17, 15) is 4.79 Å². The van der Waals surface area contributed by atoms with Gasteiger partial charge in [0.05, 0.1) is 6.54 Å². The monoisotopic (exact) mass is 401 g/mol. The van der Waals surface area contributed by atoms with Crippen molar-refractivity contribution in [3.05, 3.63) is 58.5 Å². The van der Waals surface area contributed by atoms with Gasteiger partial charge in [0.1, 0.15) is 12.2 Å². The molecule has 162 valence electrons. The van der Waals surface area contributed by atoms with Crippen molar-refractivity contribution in [1.82, 2.24) is 24.2 Å². The number of fused-ring (bicyclic) bond motifs is 2. The summed E-state index contributed by atoms with van der Waals surface area (Å²) in [6.45, 7) is 17.1. The maximum absolute atomic E-state index is 11.6. The zero-order valence-electron chi connectivity index (χ0n) is 19.7. The number of aryl methyl sites for hydroxylation is 2. The van der Waals surface area contributed by atoms with Crippen molar-refractivity contribution in [2.45, 2.75) is 61.6 Å². The zero-order valence-corrected chi connectivity index (χ0v) is 19.7. The van der Waals surface area contributed by atoms with Crippen molar-refractivity contribution in [2.24, 2.45) is 7.05 Å². The summed E-state index contributed by atoms with van der Waals surface area (Å²) in [4.78, 5) is 13.8. The summed E-state index contributed by atoms with van der Waals surface area (Å²) < 4.78 is 3.69. The van der Waals surface area contributed by atoms with Crippen molar-refractivity contribution in [2.75, 3.05) is 13.6 Å². The smallest absolute Gasteiger partial charge is 0.258 e. The number of rotatable bonds is 0. The van der Waals surface area contributed by atoms with Crippen LogP contribution in [0.25, 0.3) is 10.8 Å². The molecule has 29 heavy (non-hydrogen) atoms. The van der Waals surface area contributed by atoms with E-state index < -0.39 is 0 Å². The third-order valence-electron chi connectivity index (χ3n) is 4.07. The highest BCUT2D eigenvalue weighted by Gasteiger charge is 2.12. The predicted molar refractivity (Wildman–Crippen MR) is 124 cm³/mol. The molecule has 1 aliphatic rings. The molecular formula is C23H39N5O. The molecule has 3 heterocycles. The van der Waals surface area contributed by atoms with Gasteiger partial charge in [0, 0.05) is 31.7 Å². The minimum atomic E-state index is 0.0671. The normalized spacial score (nSPS) is 11.9. The SMILES string of the molecule is CC.CC.CC.CN1CCn2cnnc2C1.Cc1ccc2c(=O)n(C)ccc2c1. The van der Waals surface area contributed by atoms with E-state index in [1.165, 1.54) is 5.56 Å². The summed E-state index contributed by atoms with van der Waals surface area (Å²) in [6, 6.07) is 7.83. The Balaban J connectivity index is 0.000000438. The van der Waals surface area contributed by atoms with Crippen LogP contribution in [0.5, 0.6) is 0 Å². The molecule has 0 spiro atoms. The lowest BCUT2D eigenvalue weighted by Gasteiger charge is -2.21. The molecule has 4 rings (SSSR count). The molecule has 0 aliphatic carbocycles. The minimum absolute atomic E-state index is 0.0671. The fourth-order valence-corrected chi connectivity index (χ4v) is 2.65. The maximum Gasteiger partial charge on any atom is 0.258 e. The Hall–Kier alpha value is -2.47. The second-order valence-electron chi connectivity index (χ2n) is 6.00. The molecule has 0 bridgehead atoms. The van der Waals surface area contributed by atoms with E-state index in [1.807, 2.05) is 72.7 Å². The van der Waals surface area contributed by atoms with E-state index in [0.717, 1.165) is 36.2 Å². The minimum Gasteiger partial charge on any atom is -0.318 e. The van der Waals surface area contributed by atoms with Gasteiger partial charge in [0.2, 0.25) is 0 Å². The molecule has 0 amide bonds. The van der Waals surface area contributed by atoms with E-state index in [-0.39, 0.29) is 5.56 Å². The quantitative estimate of drug-likeness (QED) is 0.550. The van der Waals surface area contributed by atoms with Gasteiger partial charge in [-0.25, -0.2) is 0 Å². The summed E-state index contributed by atoms with van der Waals surface area (Å²) in [5.74, 6) is 1.08. The molecule has 0 radical (unpaired) electrons. The van der Waals surface area contributed by atoms with Crippen LogP contribution in [0.1, 0.15) is 52.9 Å². The van der Waals surface area contributed by atoms with Crippen LogP contribution in [-0.2, 0) is 20.1 Å². The first kappa shape index (κ1) is 26.5. The second-order valence-corrected chi connectivity index (χ2v) is 6.00. The van der Waals surface area contributed by atoms with Crippen LogP contribution in [0.4, 0.5) is 0 Å². The van der Waals surface area contributed by atoms with Crippen LogP contribution in [0.2, 0.25) is 0 Å². The summed E-state index contributed by atoms with van der Waals surface area (Å²) in [6.07, 6.45) is 3.59. The topological polar surface area (TPSA) is 56.0 Å². The molecule has 6 nitrogen and oxygen atoms in total. The number of likely N-dealkylation sites (N-methyl/N-ethyl adjacent to an activating group) is 1. The van der Waals surface area contributed by atoms with Crippen LogP contribution in [0.15, 0.2) is 41.6 Å². The highest BCUT2D eigenvalue weighted by molar-refractivity contribution is 5.81. The van der Waals surface area contributed by atoms with Gasteiger partial charge in [-0.1, -0.05) is 59.2 Å². The fraction of sp³-hybridized carbons (Fsp3) is 0.522. The van der Waals surface area contributed by atoms with E-state index >= 15 is 0 Å². The zero-order chi connectivity index (χ0) is 22.4. The first-order chi connectivity index (χ1) is 14.0. The average molecular weight is 402 g/mol. The van der Waals surface area contributed by atoms with Crippen molar-refractivity contribution in [3.63, 3.8) is 0 Å². The first-order valence-electron chi connectivity index (χ1n) is 10.7. The third kappa shape index (κ3) is 7.81. The Bertz CT molecular complexity index is 882. The molecule has 0 saturated carbocycles. The molecule has 0 N–H and O–H groups in total. The maximum atomic E-state index is 11.6. The highest BCUT2D eigenvalue weighted by Crippen LogP contribution is 2.10. The largest absolute Gasteiger partial charge is 0.318 e. The van der Waals surface area contributed by atoms with Gasteiger partial charge < -0.3 is 9.13 Å². The lowest BCUT2D eigenvalue weighted by Crippen LogP contribution is -2.30. The average Bonchev–Trinajstić information content (AvgIpc) is 3.23. The molecule has 1 aliphatic heterocycles. The van der Waals surface area contributed by atoms with Crippen LogP contribution in [0, 0.1) is 6.92 Å². The standard InChI is InChI=1S/C11H11NO.C6H10N4.3C2H6/c1-8-3-4-10-9(7-8)5-6-12(2)11(10)13;1-9-2-3-10-5-7-8-6(10)4-9;3*1-2/h3-7H,1-2H3;5H,2-4H2,1H3;3*1-2H3. The summed E-state index contributed by atoms with van der Waals surface area (Å²) in [5, 5.41) is 9.61. The number of pyridine rings is 1. The first-order valence-corrected chi connectivity index (χ1v) is 10.7. The summed E-state index contributed by atoms with van der Waals surface area (Å²) >= 11 is 0. The van der Waals surface area contributed by atoms with Gasteiger partial charge in [-0.15, -0.1) is 10.2 Å². The molecule has 3 aromatic rings. The predicted octanol–water partition coefficient (Wildman–Crippen LogP) is 4.65. The molecule has 0 saturated heterocycles. The van der Waals surface area contributed by atoms with Crippen LogP contribution in [0.3, 0.4) is 0 Å². The number of benzene rings is 1. The molecule has 0 fully saturated rings. The highest BCUT2D eigenvalue weighted by atomic mass is 16.1. The number of hydrogen-bond donors (Lipinski definition) is 0. The Labute approximate surface area is 176 Å². The molecule has 6 heteroatoms. The van der Waals surface area contributed by atoms with E-state index in [1.54, 1.807) is 24.1 Å². The third-order valence-corrected chi connectivity index (χ3v) is 4.07. The Morgan fingerprint density at radius 2 is 1.59 bits per heavy atom. The summed E-state index contributed by atoms with van der Waals surface area (Å²) in [5.41, 5.74) is 1.25. The van der Waals surface area contributed by atoms with Crippen molar-refractivity contribution in [1.29, 1.82) is 0 Å². The fourth-order valence-electron chi connectivity index (χ4n) is 2.65. The van der Waals surface area contributed by atoms with Gasteiger partial charge in [0.25, 0.3) is 5.56 Å². The van der Waals surface area contributed by atoms with Gasteiger partial charge in [-0.05, 0) is 31.5 Å². The number of aromatic nitrogens is 4. The lowest BCUT2D eigenvalue weighted by atomic mass is 10.1. The number of hydrogen-bond acceptors (Lipinski definition) is 4. The Morgan fingerprint density at radius 1 is 0.931 bits per heavy atom. The number of nitrogens with zero attached hydrogens (tertiary/aromatic N) is 5. The second kappa shape index (κ2) is 14.5. The van der Waals surface area contributed by atoms with E-state index in [2.05, 4.69) is 26.7 Å². The van der Waals surface area contributed by atoms with Gasteiger partial charge in [-0.2, -0.15) is 0 Å².